The Bertz CT molecular complexity index is 260. The van der Waals surface area contributed by atoms with Crippen LogP contribution in [0.25, 0.3) is 0 Å². The fourth-order valence-corrected chi connectivity index (χ4v) is 1.03. The summed E-state index contributed by atoms with van der Waals surface area (Å²) < 4.78 is 13.4. The molecule has 0 atom stereocenters. The van der Waals surface area contributed by atoms with E-state index in [-0.39, 0.29) is 5.56 Å². The van der Waals surface area contributed by atoms with Crippen molar-refractivity contribution in [2.45, 2.75) is 0 Å². The quantitative estimate of drug-likeness (QED) is 0.694. The molecule has 0 aliphatic carbocycles. The van der Waals surface area contributed by atoms with Crippen molar-refractivity contribution < 1.29 is 9.18 Å². The molecule has 51 valence electrons. The number of carbonyl (C=O) groups excluding carboxylic acids is 1. The Balaban J connectivity index is 3.19. The van der Waals surface area contributed by atoms with Gasteiger partial charge < -0.3 is 0 Å². The van der Waals surface area contributed by atoms with E-state index < -0.39 is 5.82 Å². The molecule has 0 saturated heterocycles. The monoisotopic (exact) mass is 249 g/mol. The van der Waals surface area contributed by atoms with Crippen LogP contribution in [0.4, 0.5) is 4.39 Å². The second-order valence-corrected chi connectivity index (χ2v) is 2.97. The van der Waals surface area contributed by atoms with E-state index in [1.54, 1.807) is 6.07 Å². The molecule has 3 heteroatoms. The predicted octanol–water partition coefficient (Wildman–Crippen LogP) is 1.89. The molecule has 0 saturated carbocycles. The van der Waals surface area contributed by atoms with Gasteiger partial charge in [0.05, 0.1) is 5.56 Å². The highest BCUT2D eigenvalue weighted by Gasteiger charge is 1.99. The lowest BCUT2D eigenvalue weighted by Crippen LogP contribution is -1.87. The topological polar surface area (TPSA) is 17.1 Å². The summed E-state index contributed by atoms with van der Waals surface area (Å²) in [5.74, 6) is -0.512. The molecular formula is C7H3FIO. The largest absolute Gasteiger partial charge is 0.285 e. The van der Waals surface area contributed by atoms with Crippen LogP contribution in [0.15, 0.2) is 18.2 Å². The van der Waals surface area contributed by atoms with Crippen molar-refractivity contribution in [3.8, 4) is 0 Å². The summed E-state index contributed by atoms with van der Waals surface area (Å²) in [5.41, 5.74) is -0.0135. The summed E-state index contributed by atoms with van der Waals surface area (Å²) in [4.78, 5) is 9.97. The maximum absolute atomic E-state index is 12.6. The fraction of sp³-hybridized carbons (Fsp3) is 0. The van der Waals surface area contributed by atoms with Crippen molar-refractivity contribution in [3.63, 3.8) is 0 Å². The standard InChI is InChI=1S/C7H3FIO/c8-7-3-6(9)2-1-5(7)4-10/h1-3H. The van der Waals surface area contributed by atoms with Crippen molar-refractivity contribution in [1.82, 2.24) is 0 Å². The van der Waals surface area contributed by atoms with Gasteiger partial charge in [0, 0.05) is 3.57 Å². The van der Waals surface area contributed by atoms with E-state index in [1.807, 2.05) is 22.6 Å². The van der Waals surface area contributed by atoms with Crippen LogP contribution in [0.1, 0.15) is 5.56 Å². The third-order valence-corrected chi connectivity index (χ3v) is 1.71. The fourth-order valence-electron chi connectivity index (χ4n) is 0.572. The zero-order valence-electron chi connectivity index (χ0n) is 4.90. The second-order valence-electron chi connectivity index (χ2n) is 1.73. The molecular weight excluding hydrogens is 246 g/mol. The van der Waals surface area contributed by atoms with E-state index in [0.29, 0.717) is 0 Å². The molecule has 0 aromatic heterocycles. The lowest BCUT2D eigenvalue weighted by molar-refractivity contribution is 0.556. The summed E-state index contributed by atoms with van der Waals surface area (Å²) in [5, 5.41) is 0. The van der Waals surface area contributed by atoms with Gasteiger partial charge in [-0.2, -0.15) is 0 Å². The molecule has 1 aromatic carbocycles. The van der Waals surface area contributed by atoms with Gasteiger partial charge in [0.15, 0.2) is 0 Å². The molecule has 0 unspecified atom stereocenters. The molecule has 0 aliphatic heterocycles. The maximum Gasteiger partial charge on any atom is 0.236 e. The van der Waals surface area contributed by atoms with Gasteiger partial charge in [-0.3, -0.25) is 4.79 Å². The Hall–Kier alpha value is -0.450. The molecule has 1 aromatic rings. The Morgan fingerprint density at radius 2 is 2.20 bits per heavy atom. The van der Waals surface area contributed by atoms with Crippen molar-refractivity contribution in [2.24, 2.45) is 0 Å². The van der Waals surface area contributed by atoms with E-state index in [4.69, 9.17) is 0 Å². The van der Waals surface area contributed by atoms with Crippen LogP contribution in [0.5, 0.6) is 0 Å². The average molecular weight is 249 g/mol. The van der Waals surface area contributed by atoms with Crippen molar-refractivity contribution >= 4 is 28.9 Å². The van der Waals surface area contributed by atoms with Crippen LogP contribution in [0.3, 0.4) is 0 Å². The van der Waals surface area contributed by atoms with E-state index in [2.05, 4.69) is 0 Å². The van der Waals surface area contributed by atoms with Gasteiger partial charge in [-0.1, -0.05) is 0 Å². The van der Waals surface area contributed by atoms with Gasteiger partial charge in [0.1, 0.15) is 5.82 Å². The summed E-state index contributed by atoms with van der Waals surface area (Å²) in [6, 6.07) is 4.36. The molecule has 0 N–H and O–H groups in total. The van der Waals surface area contributed by atoms with Crippen LogP contribution < -0.4 is 0 Å². The third-order valence-electron chi connectivity index (χ3n) is 1.04. The first-order valence-electron chi connectivity index (χ1n) is 2.57. The second kappa shape index (κ2) is 3.09. The Morgan fingerprint density at radius 3 is 2.70 bits per heavy atom. The summed E-state index contributed by atoms with van der Waals surface area (Å²) >= 11 is 1.97. The first-order chi connectivity index (χ1) is 4.74. The van der Waals surface area contributed by atoms with Crippen LogP contribution in [-0.2, 0) is 4.79 Å². The smallest absolute Gasteiger partial charge is 0.236 e. The van der Waals surface area contributed by atoms with Crippen molar-refractivity contribution in [2.75, 3.05) is 0 Å². The van der Waals surface area contributed by atoms with Gasteiger partial charge in [-0.15, -0.1) is 0 Å². The molecule has 0 spiro atoms. The number of hydrogen-bond acceptors (Lipinski definition) is 1. The highest BCUT2D eigenvalue weighted by atomic mass is 127. The van der Waals surface area contributed by atoms with Gasteiger partial charge in [0.2, 0.25) is 6.29 Å². The minimum atomic E-state index is -0.512. The van der Waals surface area contributed by atoms with E-state index in [9.17, 15) is 9.18 Å². The van der Waals surface area contributed by atoms with E-state index >= 15 is 0 Å². The summed E-state index contributed by atoms with van der Waals surface area (Å²) in [7, 11) is 0. The molecule has 1 radical (unpaired) electrons. The van der Waals surface area contributed by atoms with Crippen LogP contribution >= 0.6 is 22.6 Å². The molecule has 1 rings (SSSR count). The highest BCUT2D eigenvalue weighted by molar-refractivity contribution is 14.1. The lowest BCUT2D eigenvalue weighted by atomic mass is 10.2. The van der Waals surface area contributed by atoms with Crippen LogP contribution in [0, 0.1) is 9.39 Å². The molecule has 0 fully saturated rings. The molecule has 1 nitrogen and oxygen atoms in total. The summed E-state index contributed by atoms with van der Waals surface area (Å²) in [6.45, 7) is 0. The maximum atomic E-state index is 12.6. The van der Waals surface area contributed by atoms with Gasteiger partial charge in [-0.25, -0.2) is 4.39 Å². The Labute approximate surface area is 71.4 Å². The first kappa shape index (κ1) is 7.65. The average Bonchev–Trinajstić information content (AvgIpc) is 1.88. The number of rotatable bonds is 1. The summed E-state index contributed by atoms with van der Waals surface area (Å²) in [6.07, 6.45) is 1.49. The molecule has 0 aliphatic rings. The minimum Gasteiger partial charge on any atom is -0.285 e. The molecule has 0 bridgehead atoms. The predicted molar refractivity (Wildman–Crippen MR) is 43.9 cm³/mol. The van der Waals surface area contributed by atoms with E-state index in [1.165, 1.54) is 18.4 Å². The zero-order chi connectivity index (χ0) is 7.56. The molecule has 10 heavy (non-hydrogen) atoms. The number of hydrogen-bond donors (Lipinski definition) is 0. The Kier molecular flexibility index (Phi) is 2.37. The number of benzene rings is 1. The van der Waals surface area contributed by atoms with Crippen LogP contribution in [-0.4, -0.2) is 6.29 Å². The third kappa shape index (κ3) is 1.53. The van der Waals surface area contributed by atoms with Crippen molar-refractivity contribution in [1.29, 1.82) is 0 Å². The minimum absolute atomic E-state index is 0.0135. The number of halogens is 2. The Morgan fingerprint density at radius 1 is 1.50 bits per heavy atom. The van der Waals surface area contributed by atoms with Gasteiger partial charge in [-0.05, 0) is 40.8 Å². The SMILES string of the molecule is O=[C]c1ccc(I)cc1F. The molecule has 0 heterocycles. The zero-order valence-corrected chi connectivity index (χ0v) is 7.05. The normalized spacial score (nSPS) is 9.40. The van der Waals surface area contributed by atoms with E-state index in [0.717, 1.165) is 3.57 Å². The van der Waals surface area contributed by atoms with Gasteiger partial charge in [0.25, 0.3) is 0 Å². The van der Waals surface area contributed by atoms with Gasteiger partial charge >= 0.3 is 0 Å². The lowest BCUT2D eigenvalue weighted by Gasteiger charge is -1.92. The van der Waals surface area contributed by atoms with Crippen molar-refractivity contribution in [3.05, 3.63) is 33.1 Å². The first-order valence-corrected chi connectivity index (χ1v) is 3.65. The van der Waals surface area contributed by atoms with Crippen LogP contribution in [0.2, 0.25) is 0 Å². The highest BCUT2D eigenvalue weighted by Crippen LogP contribution is 2.09. The molecule has 0 amide bonds.